The van der Waals surface area contributed by atoms with Crippen molar-refractivity contribution in [3.63, 3.8) is 0 Å². The zero-order chi connectivity index (χ0) is 16.4. The number of carbonyl (C=O) groups is 1. The summed E-state index contributed by atoms with van der Waals surface area (Å²) in [7, 11) is 0. The van der Waals surface area contributed by atoms with E-state index in [0.717, 1.165) is 0 Å². The maximum atomic E-state index is 12.0. The van der Waals surface area contributed by atoms with Gasteiger partial charge in [0, 0.05) is 12.1 Å². The average molecular weight is 328 g/mol. The number of benzene rings is 1. The number of nitrogens with one attached hydrogen (secondary N) is 1. The molecular weight excluding hydrogens is 323 g/mol. The molecule has 1 aromatic rings. The van der Waals surface area contributed by atoms with Crippen molar-refractivity contribution in [2.45, 2.75) is 6.18 Å². The van der Waals surface area contributed by atoms with Crippen molar-refractivity contribution < 1.29 is 27.8 Å². The van der Waals surface area contributed by atoms with Gasteiger partial charge in [0.15, 0.2) is 0 Å². The fourth-order valence-corrected chi connectivity index (χ4v) is 1.54. The number of halogens is 4. The third-order valence-corrected chi connectivity index (χ3v) is 2.46. The van der Waals surface area contributed by atoms with Gasteiger partial charge < -0.3 is 5.32 Å². The highest BCUT2D eigenvalue weighted by molar-refractivity contribution is 6.34. The number of alkyl halides is 3. The van der Waals surface area contributed by atoms with Crippen LogP contribution in [0.4, 0.5) is 24.5 Å². The molecule has 1 rings (SSSR count). The summed E-state index contributed by atoms with van der Waals surface area (Å²) in [5, 5.41) is 22.2. The molecule has 0 saturated carbocycles. The standard InChI is InChI=1S/C9H5ClF3N3O5/c10-5-2-7(16(20)21)6(15(18)19)1-4(5)8(17)14-3-9(11,12)13/h1-2H,3H2,(H,14,17). The zero-order valence-electron chi connectivity index (χ0n) is 9.81. The Hall–Kier alpha value is -2.43. The van der Waals surface area contributed by atoms with Crippen LogP contribution in [0.2, 0.25) is 5.02 Å². The largest absolute Gasteiger partial charge is 0.405 e. The maximum Gasteiger partial charge on any atom is 0.405 e. The predicted octanol–water partition coefficient (Wildman–Crippen LogP) is 2.45. The highest BCUT2D eigenvalue weighted by Crippen LogP contribution is 2.32. The van der Waals surface area contributed by atoms with Crippen LogP contribution in [0, 0.1) is 20.2 Å². The molecule has 1 aromatic carbocycles. The van der Waals surface area contributed by atoms with E-state index in [1.165, 1.54) is 5.32 Å². The number of hydrogen-bond acceptors (Lipinski definition) is 5. The third-order valence-electron chi connectivity index (χ3n) is 2.15. The summed E-state index contributed by atoms with van der Waals surface area (Å²) in [4.78, 5) is 30.5. The maximum absolute atomic E-state index is 12.0. The molecule has 12 heteroatoms. The number of hydrogen-bond donors (Lipinski definition) is 1. The van der Waals surface area contributed by atoms with E-state index < -0.39 is 50.4 Å². The van der Waals surface area contributed by atoms with E-state index in [-0.39, 0.29) is 0 Å². The first-order valence-corrected chi connectivity index (χ1v) is 5.38. The van der Waals surface area contributed by atoms with Crippen LogP contribution in [0.25, 0.3) is 0 Å². The number of nitro groups is 2. The van der Waals surface area contributed by atoms with E-state index in [1.54, 1.807) is 0 Å². The Bertz CT molecular complexity index is 619. The summed E-state index contributed by atoms with van der Waals surface area (Å²) >= 11 is 5.53. The van der Waals surface area contributed by atoms with Crippen LogP contribution in [0.1, 0.15) is 10.4 Å². The lowest BCUT2D eigenvalue weighted by Gasteiger charge is -2.09. The fourth-order valence-electron chi connectivity index (χ4n) is 1.29. The Morgan fingerprint density at radius 3 is 2.10 bits per heavy atom. The highest BCUT2D eigenvalue weighted by Gasteiger charge is 2.31. The molecule has 0 bridgehead atoms. The van der Waals surface area contributed by atoms with Gasteiger partial charge in [-0.1, -0.05) is 11.6 Å². The van der Waals surface area contributed by atoms with Gasteiger partial charge in [-0.25, -0.2) is 0 Å². The first-order chi connectivity index (χ1) is 9.53. The van der Waals surface area contributed by atoms with Crippen molar-refractivity contribution in [1.82, 2.24) is 5.32 Å². The van der Waals surface area contributed by atoms with Gasteiger partial charge in [-0.3, -0.25) is 25.0 Å². The Kier molecular flexibility index (Phi) is 4.68. The van der Waals surface area contributed by atoms with E-state index in [1.807, 2.05) is 0 Å². The van der Waals surface area contributed by atoms with Crippen molar-refractivity contribution in [3.8, 4) is 0 Å². The van der Waals surface area contributed by atoms with Gasteiger partial charge in [-0.15, -0.1) is 0 Å². The fraction of sp³-hybridized carbons (Fsp3) is 0.222. The third kappa shape index (κ3) is 4.27. The van der Waals surface area contributed by atoms with E-state index in [9.17, 15) is 38.2 Å². The second kappa shape index (κ2) is 5.91. The lowest BCUT2D eigenvalue weighted by Crippen LogP contribution is -2.33. The first-order valence-electron chi connectivity index (χ1n) is 5.00. The number of nitrogens with zero attached hydrogens (tertiary/aromatic N) is 2. The monoisotopic (exact) mass is 327 g/mol. The van der Waals surface area contributed by atoms with Crippen molar-refractivity contribution >= 4 is 28.9 Å². The molecule has 0 radical (unpaired) electrons. The zero-order valence-corrected chi connectivity index (χ0v) is 10.6. The molecule has 0 saturated heterocycles. The smallest absolute Gasteiger partial charge is 0.343 e. The van der Waals surface area contributed by atoms with E-state index in [2.05, 4.69) is 0 Å². The molecule has 0 unspecified atom stereocenters. The topological polar surface area (TPSA) is 115 Å². The molecule has 0 aliphatic carbocycles. The normalized spacial score (nSPS) is 11.0. The SMILES string of the molecule is O=C(NCC(F)(F)F)c1cc([N+](=O)[O-])c([N+](=O)[O-])cc1Cl. The quantitative estimate of drug-likeness (QED) is 0.673. The lowest BCUT2D eigenvalue weighted by atomic mass is 10.1. The van der Waals surface area contributed by atoms with Gasteiger partial charge in [0.2, 0.25) is 0 Å². The van der Waals surface area contributed by atoms with Crippen molar-refractivity contribution in [3.05, 3.63) is 42.9 Å². The minimum atomic E-state index is -4.69. The van der Waals surface area contributed by atoms with Crippen LogP contribution in [-0.4, -0.2) is 28.5 Å². The van der Waals surface area contributed by atoms with E-state index in [0.29, 0.717) is 12.1 Å². The van der Waals surface area contributed by atoms with Gasteiger partial charge in [0.05, 0.1) is 20.4 Å². The molecule has 1 amide bonds. The van der Waals surface area contributed by atoms with Crippen LogP contribution >= 0.6 is 11.6 Å². The number of amides is 1. The number of nitro benzene ring substituents is 2. The van der Waals surface area contributed by atoms with Gasteiger partial charge in [-0.05, 0) is 0 Å². The molecule has 0 aromatic heterocycles. The summed E-state index contributed by atoms with van der Waals surface area (Å²) < 4.78 is 35.9. The van der Waals surface area contributed by atoms with Gasteiger partial charge in [-0.2, -0.15) is 13.2 Å². The molecular formula is C9H5ClF3N3O5. The molecule has 114 valence electrons. The molecule has 0 spiro atoms. The molecule has 0 aliphatic heterocycles. The van der Waals surface area contributed by atoms with Crippen LogP contribution in [-0.2, 0) is 0 Å². The molecule has 0 heterocycles. The first kappa shape index (κ1) is 16.6. The lowest BCUT2D eigenvalue weighted by molar-refractivity contribution is -0.422. The van der Waals surface area contributed by atoms with Gasteiger partial charge in [0.1, 0.15) is 6.54 Å². The number of rotatable bonds is 4. The van der Waals surface area contributed by atoms with Gasteiger partial charge >= 0.3 is 17.6 Å². The van der Waals surface area contributed by atoms with E-state index in [4.69, 9.17) is 11.6 Å². The minimum absolute atomic E-state index is 0.451. The van der Waals surface area contributed by atoms with Crippen LogP contribution < -0.4 is 5.32 Å². The van der Waals surface area contributed by atoms with Crippen molar-refractivity contribution in [2.24, 2.45) is 0 Å². The van der Waals surface area contributed by atoms with Crippen LogP contribution in [0.15, 0.2) is 12.1 Å². The Morgan fingerprint density at radius 2 is 1.67 bits per heavy atom. The van der Waals surface area contributed by atoms with Crippen LogP contribution in [0.5, 0.6) is 0 Å². The Labute approximate surface area is 118 Å². The van der Waals surface area contributed by atoms with Gasteiger partial charge in [0.25, 0.3) is 5.91 Å². The molecule has 1 N–H and O–H groups in total. The summed E-state index contributed by atoms with van der Waals surface area (Å²) in [6.07, 6.45) is -4.69. The Morgan fingerprint density at radius 1 is 1.19 bits per heavy atom. The molecule has 21 heavy (non-hydrogen) atoms. The molecule has 0 aliphatic rings. The summed E-state index contributed by atoms with van der Waals surface area (Å²) in [5.74, 6) is -1.34. The number of carbonyl (C=O) groups excluding carboxylic acids is 1. The molecule has 0 atom stereocenters. The summed E-state index contributed by atoms with van der Waals surface area (Å²) in [5.41, 5.74) is -2.70. The second-order valence-corrected chi connectivity index (χ2v) is 4.04. The van der Waals surface area contributed by atoms with Crippen LogP contribution in [0.3, 0.4) is 0 Å². The predicted molar refractivity (Wildman–Crippen MR) is 63.1 cm³/mol. The molecule has 8 nitrogen and oxygen atoms in total. The second-order valence-electron chi connectivity index (χ2n) is 3.63. The Balaban J connectivity index is 3.20. The van der Waals surface area contributed by atoms with Crippen molar-refractivity contribution in [2.75, 3.05) is 6.54 Å². The molecule has 0 fully saturated rings. The average Bonchev–Trinajstić information content (AvgIpc) is 2.34. The summed E-state index contributed by atoms with van der Waals surface area (Å²) in [6, 6.07) is 0.981. The van der Waals surface area contributed by atoms with Crippen molar-refractivity contribution in [1.29, 1.82) is 0 Å². The highest BCUT2D eigenvalue weighted by atomic mass is 35.5. The minimum Gasteiger partial charge on any atom is -0.343 e. The van der Waals surface area contributed by atoms with E-state index >= 15 is 0 Å². The summed E-state index contributed by atoms with van der Waals surface area (Å²) in [6.45, 7) is -1.67.